The summed E-state index contributed by atoms with van der Waals surface area (Å²) in [6.45, 7) is 41.8. The second-order valence-electron chi connectivity index (χ2n) is 26.9. The van der Waals surface area contributed by atoms with Crippen LogP contribution in [-0.4, -0.2) is 13.4 Å². The Balaban J connectivity index is 1.42. The molecule has 7 aromatic carbocycles. The summed E-state index contributed by atoms with van der Waals surface area (Å²) in [6.07, 6.45) is 0. The molecule has 358 valence electrons. The summed E-state index contributed by atoms with van der Waals surface area (Å²) >= 11 is 0. The van der Waals surface area contributed by atoms with Gasteiger partial charge in [0, 0.05) is 34.1 Å². The van der Waals surface area contributed by atoms with Gasteiger partial charge in [-0.25, -0.2) is 0 Å². The fourth-order valence-electron chi connectivity index (χ4n) is 10.8. The molecule has 0 amide bonds. The van der Waals surface area contributed by atoms with E-state index >= 15 is 0 Å². The van der Waals surface area contributed by atoms with Crippen LogP contribution in [-0.2, 0) is 32.5 Å². The van der Waals surface area contributed by atoms with Gasteiger partial charge in [0.05, 0.1) is 0 Å². The predicted octanol–water partition coefficient (Wildman–Crippen LogP) is 14.1. The van der Waals surface area contributed by atoms with Crippen molar-refractivity contribution in [1.29, 1.82) is 0 Å². The van der Waals surface area contributed by atoms with Crippen LogP contribution in [0, 0.1) is 0 Å². The summed E-state index contributed by atoms with van der Waals surface area (Å²) in [5, 5.41) is 0. The molecule has 2 heterocycles. The maximum absolute atomic E-state index is 2.61. The lowest BCUT2D eigenvalue weighted by molar-refractivity contribution is 0.590. The number of fused-ring (bicyclic) bond motifs is 4. The van der Waals surface area contributed by atoms with Crippen LogP contribution in [0.3, 0.4) is 0 Å². The number of anilines is 6. The highest BCUT2D eigenvalue weighted by molar-refractivity contribution is 7.01. The summed E-state index contributed by atoms with van der Waals surface area (Å²) in [5.41, 5.74) is 23.3. The second-order valence-corrected chi connectivity index (χ2v) is 26.9. The third-order valence-electron chi connectivity index (χ3n) is 15.4. The summed E-state index contributed by atoms with van der Waals surface area (Å²) in [6, 6.07) is 57.8. The van der Waals surface area contributed by atoms with E-state index < -0.39 is 0 Å². The molecule has 0 spiro atoms. The van der Waals surface area contributed by atoms with Crippen LogP contribution < -0.4 is 42.6 Å². The molecule has 2 aliphatic rings. The second kappa shape index (κ2) is 17.0. The average Bonchev–Trinajstić information content (AvgIpc) is 3.27. The minimum absolute atomic E-state index is 0.000523. The monoisotopic (exact) mass is 921 g/mol. The van der Waals surface area contributed by atoms with E-state index in [9.17, 15) is 0 Å². The molecule has 2 aliphatic heterocycles. The Bertz CT molecular complexity index is 2860. The largest absolute Gasteiger partial charge is 0.311 e. The zero-order valence-electron chi connectivity index (χ0n) is 45.9. The van der Waals surface area contributed by atoms with Crippen LogP contribution in [0.5, 0.6) is 0 Å². The van der Waals surface area contributed by atoms with E-state index in [-0.39, 0.29) is 45.9 Å². The Morgan fingerprint density at radius 2 is 0.557 bits per heavy atom. The van der Waals surface area contributed by atoms with Gasteiger partial charge in [-0.2, -0.15) is 0 Å². The molecule has 0 atom stereocenters. The topological polar surface area (TPSA) is 6.48 Å². The van der Waals surface area contributed by atoms with Crippen molar-refractivity contribution >= 4 is 80.3 Å². The van der Waals surface area contributed by atoms with Gasteiger partial charge in [-0.1, -0.05) is 238 Å². The normalized spacial score (nSPS) is 14.1. The first-order valence-corrected chi connectivity index (χ1v) is 26.0. The summed E-state index contributed by atoms with van der Waals surface area (Å²) in [5.74, 6) is 0. The van der Waals surface area contributed by atoms with Crippen LogP contribution >= 0.6 is 0 Å². The highest BCUT2D eigenvalue weighted by Gasteiger charge is 2.45. The van der Waals surface area contributed by atoms with Gasteiger partial charge in [0.1, 0.15) is 0 Å². The van der Waals surface area contributed by atoms with Gasteiger partial charge in [-0.3, -0.25) is 0 Å². The Labute approximate surface area is 424 Å². The van der Waals surface area contributed by atoms with Gasteiger partial charge in [-0.15, -0.1) is 0 Å². The lowest BCUT2D eigenvalue weighted by atomic mass is 9.32. The summed E-state index contributed by atoms with van der Waals surface area (Å²) in [4.78, 5) is 5.21. The zero-order chi connectivity index (χ0) is 50.7. The average molecular weight is 921 g/mol. The first-order chi connectivity index (χ1) is 32.5. The van der Waals surface area contributed by atoms with Gasteiger partial charge in [0.25, 0.3) is 6.71 Å². The van der Waals surface area contributed by atoms with Gasteiger partial charge >= 0.3 is 0 Å². The highest BCUT2D eigenvalue weighted by Crippen LogP contribution is 2.45. The summed E-state index contributed by atoms with van der Waals surface area (Å²) in [7, 11) is 0. The van der Waals surface area contributed by atoms with Gasteiger partial charge in [0.15, 0.2) is 0 Å². The van der Waals surface area contributed by atoms with E-state index in [1.165, 1.54) is 100 Å². The van der Waals surface area contributed by atoms with E-state index in [2.05, 4.69) is 280 Å². The van der Waals surface area contributed by atoms with Crippen molar-refractivity contribution in [2.24, 2.45) is 0 Å². The molecule has 0 bridgehead atoms. The van der Waals surface area contributed by atoms with Gasteiger partial charge in [-0.05, 0) is 131 Å². The molecule has 9 rings (SSSR count). The van der Waals surface area contributed by atoms with E-state index in [1.54, 1.807) is 0 Å². The van der Waals surface area contributed by atoms with E-state index in [1.807, 2.05) is 0 Å². The molecule has 0 radical (unpaired) electrons. The smallest absolute Gasteiger partial charge is 0.252 e. The van der Waals surface area contributed by atoms with Gasteiger partial charge in [0.2, 0.25) is 6.71 Å². The van der Waals surface area contributed by atoms with Crippen molar-refractivity contribution in [2.45, 2.75) is 157 Å². The lowest BCUT2D eigenvalue weighted by Crippen LogP contribution is -2.63. The number of rotatable bonds is 5. The first-order valence-electron chi connectivity index (χ1n) is 26.0. The number of benzene rings is 7. The quantitative estimate of drug-likeness (QED) is 0.159. The van der Waals surface area contributed by atoms with Crippen molar-refractivity contribution in [1.82, 2.24) is 0 Å². The Morgan fingerprint density at radius 3 is 0.843 bits per heavy atom. The highest BCUT2D eigenvalue weighted by atomic mass is 15.2. The number of hydrogen-bond donors (Lipinski definition) is 0. The molecule has 0 aliphatic carbocycles. The molecular weight excluding hydrogens is 842 g/mol. The third kappa shape index (κ3) is 9.10. The number of nitrogens with zero attached hydrogens (tertiary/aromatic N) is 2. The molecule has 0 fully saturated rings. The fourth-order valence-corrected chi connectivity index (χ4v) is 10.8. The Kier molecular flexibility index (Phi) is 11.9. The van der Waals surface area contributed by atoms with Crippen LogP contribution in [0.25, 0.3) is 0 Å². The molecule has 0 aromatic heterocycles. The van der Waals surface area contributed by atoms with E-state index in [0.29, 0.717) is 0 Å². The zero-order valence-corrected chi connectivity index (χ0v) is 45.9. The Morgan fingerprint density at radius 1 is 0.286 bits per heavy atom. The molecule has 0 N–H and O–H groups in total. The van der Waals surface area contributed by atoms with Crippen LogP contribution in [0.2, 0.25) is 0 Å². The maximum Gasteiger partial charge on any atom is 0.252 e. The van der Waals surface area contributed by atoms with Crippen molar-refractivity contribution in [3.8, 4) is 0 Å². The van der Waals surface area contributed by atoms with Crippen LogP contribution in [0.4, 0.5) is 34.1 Å². The number of hydrogen-bond acceptors (Lipinski definition) is 2. The molecule has 0 unspecified atom stereocenters. The van der Waals surface area contributed by atoms with Crippen molar-refractivity contribution in [2.75, 3.05) is 9.80 Å². The molecule has 7 aromatic rings. The Hall–Kier alpha value is -5.73. The standard InChI is InChI=1S/C66H78B2N2/c1-61(2,3)43-19-29-49(30-20-43)67(50-31-21-44(22-32-50)62(4,5)6)51-41-58-60-59(42-51)70(53-35-25-46(26-36-53)64(10,11)12)57-38-28-48(66(16,17)18)40-55(57)68(60)54-39-47(65(13,14)15)27-37-56(54)69(58)52-33-23-45(24-34-52)63(7,8)9/h19-42H,1-18H3. The molecule has 0 saturated heterocycles. The SMILES string of the molecule is CC(C)(C)c1ccc(B(c2ccc(C(C)(C)C)cc2)c2cc3c4c(c2)N(c2ccc(C(C)(C)C)cc2)c2ccc(C(C)(C)C)cc2B4c2cc(C(C)(C)C)ccc2N3c2ccc(C(C)(C)C)cc2)cc1. The van der Waals surface area contributed by atoms with Crippen molar-refractivity contribution in [3.63, 3.8) is 0 Å². The first kappa shape index (κ1) is 49.3. The van der Waals surface area contributed by atoms with Crippen molar-refractivity contribution < 1.29 is 0 Å². The minimum atomic E-state index is -0.0366. The molecule has 2 nitrogen and oxygen atoms in total. The van der Waals surface area contributed by atoms with Crippen LogP contribution in [0.1, 0.15) is 158 Å². The molecule has 70 heavy (non-hydrogen) atoms. The van der Waals surface area contributed by atoms with Crippen molar-refractivity contribution in [3.05, 3.63) is 179 Å². The minimum Gasteiger partial charge on any atom is -0.311 e. The van der Waals surface area contributed by atoms with E-state index in [0.717, 1.165) is 0 Å². The van der Waals surface area contributed by atoms with Crippen LogP contribution in [0.15, 0.2) is 146 Å². The summed E-state index contributed by atoms with van der Waals surface area (Å²) < 4.78 is 0. The molecule has 0 saturated carbocycles. The van der Waals surface area contributed by atoms with Gasteiger partial charge < -0.3 is 9.80 Å². The lowest BCUT2D eigenvalue weighted by Gasteiger charge is -2.45. The fraction of sp³-hybridized carbons (Fsp3) is 0.364. The third-order valence-corrected chi connectivity index (χ3v) is 15.4. The van der Waals surface area contributed by atoms with E-state index in [4.69, 9.17) is 0 Å². The predicted molar refractivity (Wildman–Crippen MR) is 310 cm³/mol. The molecular formula is C66H78B2N2. The molecule has 4 heteroatoms. The maximum atomic E-state index is 2.61.